The quantitative estimate of drug-likeness (QED) is 0.920. The Balaban J connectivity index is 2.90. The molecule has 0 spiro atoms. The summed E-state index contributed by atoms with van der Waals surface area (Å²) in [6.07, 6.45) is 0. The number of nitrogens with zero attached hydrogens (tertiary/aromatic N) is 1. The van der Waals surface area contributed by atoms with Gasteiger partial charge in [-0.1, -0.05) is 41.4 Å². The van der Waals surface area contributed by atoms with Gasteiger partial charge in [-0.25, -0.2) is 0 Å². The zero-order valence-electron chi connectivity index (χ0n) is 10.8. The second-order valence-corrected chi connectivity index (χ2v) is 6.48. The summed E-state index contributed by atoms with van der Waals surface area (Å²) in [5, 5.41) is 0.459. The molecule has 0 aliphatic heterocycles. The van der Waals surface area contributed by atoms with Gasteiger partial charge in [0.2, 0.25) is 0 Å². The Kier molecular flexibility index (Phi) is 5.20. The number of benzene rings is 1. The fourth-order valence-corrected chi connectivity index (χ4v) is 2.20. The van der Waals surface area contributed by atoms with Crippen molar-refractivity contribution < 1.29 is 4.79 Å². The lowest BCUT2D eigenvalue weighted by Crippen LogP contribution is -2.39. The third kappa shape index (κ3) is 3.97. The molecule has 0 unspecified atom stereocenters. The Hall–Kier alpha value is -0.580. The number of nitrogens with two attached hydrogens (primary N) is 1. The van der Waals surface area contributed by atoms with Crippen LogP contribution in [0.1, 0.15) is 24.2 Å². The summed E-state index contributed by atoms with van der Waals surface area (Å²) in [6.45, 7) is 5.17. The average molecular weight is 334 g/mol. The zero-order chi connectivity index (χ0) is 13.9. The van der Waals surface area contributed by atoms with E-state index in [4.69, 9.17) is 17.3 Å². The molecule has 0 atom stereocenters. The fraction of sp³-hybridized carbons (Fsp3) is 0.462. The van der Waals surface area contributed by atoms with Gasteiger partial charge < -0.3 is 10.6 Å². The van der Waals surface area contributed by atoms with Crippen molar-refractivity contribution in [1.29, 1.82) is 0 Å². The van der Waals surface area contributed by atoms with Crippen molar-refractivity contribution in [3.8, 4) is 0 Å². The van der Waals surface area contributed by atoms with Gasteiger partial charge in [0.15, 0.2) is 0 Å². The number of halogens is 2. The van der Waals surface area contributed by atoms with E-state index >= 15 is 0 Å². The molecule has 0 aliphatic rings. The van der Waals surface area contributed by atoms with Crippen molar-refractivity contribution in [1.82, 2.24) is 4.90 Å². The predicted octanol–water partition coefficient (Wildman–Crippen LogP) is 3.16. The van der Waals surface area contributed by atoms with Gasteiger partial charge in [-0.15, -0.1) is 0 Å². The standard InChI is InChI=1S/C13H18BrClN2O/c1-13(2,7-16)8-17(3)12(18)10-6-9(14)4-5-11(10)15/h4-6H,7-8,16H2,1-3H3. The third-order valence-electron chi connectivity index (χ3n) is 2.72. The van der Waals surface area contributed by atoms with E-state index in [-0.39, 0.29) is 11.3 Å². The first-order chi connectivity index (χ1) is 8.26. The highest BCUT2D eigenvalue weighted by atomic mass is 79.9. The first-order valence-electron chi connectivity index (χ1n) is 5.67. The van der Waals surface area contributed by atoms with Gasteiger partial charge in [0.25, 0.3) is 5.91 Å². The summed E-state index contributed by atoms with van der Waals surface area (Å²) in [5.41, 5.74) is 6.07. The lowest BCUT2D eigenvalue weighted by atomic mass is 9.93. The highest BCUT2D eigenvalue weighted by molar-refractivity contribution is 9.10. The van der Waals surface area contributed by atoms with Crippen molar-refractivity contribution in [2.75, 3.05) is 20.1 Å². The summed E-state index contributed by atoms with van der Waals surface area (Å²) in [4.78, 5) is 13.9. The van der Waals surface area contributed by atoms with Crippen LogP contribution < -0.4 is 5.73 Å². The molecule has 0 radical (unpaired) electrons. The molecule has 1 rings (SSSR count). The van der Waals surface area contributed by atoms with Crippen LogP contribution in [-0.2, 0) is 0 Å². The molecule has 18 heavy (non-hydrogen) atoms. The molecule has 100 valence electrons. The fourth-order valence-electron chi connectivity index (χ4n) is 1.65. The van der Waals surface area contributed by atoms with Crippen LogP contribution in [0.5, 0.6) is 0 Å². The van der Waals surface area contributed by atoms with Gasteiger partial charge in [0, 0.05) is 18.1 Å². The van der Waals surface area contributed by atoms with Gasteiger partial charge in [-0.05, 0) is 30.2 Å². The smallest absolute Gasteiger partial charge is 0.255 e. The largest absolute Gasteiger partial charge is 0.341 e. The van der Waals surface area contributed by atoms with Crippen LogP contribution in [-0.4, -0.2) is 30.9 Å². The van der Waals surface area contributed by atoms with E-state index in [1.807, 2.05) is 19.9 Å². The molecule has 0 saturated carbocycles. The van der Waals surface area contributed by atoms with Crippen LogP contribution in [0.25, 0.3) is 0 Å². The minimum atomic E-state index is -0.108. The predicted molar refractivity (Wildman–Crippen MR) is 78.9 cm³/mol. The molecule has 3 nitrogen and oxygen atoms in total. The lowest BCUT2D eigenvalue weighted by Gasteiger charge is -2.29. The van der Waals surface area contributed by atoms with E-state index in [2.05, 4.69) is 15.9 Å². The number of amides is 1. The summed E-state index contributed by atoms with van der Waals surface area (Å²) >= 11 is 9.39. The van der Waals surface area contributed by atoms with Gasteiger partial charge >= 0.3 is 0 Å². The maximum absolute atomic E-state index is 12.3. The topological polar surface area (TPSA) is 46.3 Å². The number of hydrogen-bond donors (Lipinski definition) is 1. The molecule has 0 saturated heterocycles. The van der Waals surface area contributed by atoms with E-state index in [1.54, 1.807) is 24.1 Å². The Labute approximate surface area is 121 Å². The Bertz CT molecular complexity index is 449. The molecule has 0 aromatic heterocycles. The molecule has 2 N–H and O–H groups in total. The van der Waals surface area contributed by atoms with Crippen molar-refractivity contribution in [2.45, 2.75) is 13.8 Å². The van der Waals surface area contributed by atoms with E-state index in [0.29, 0.717) is 23.7 Å². The summed E-state index contributed by atoms with van der Waals surface area (Å²) in [6, 6.07) is 5.25. The van der Waals surface area contributed by atoms with E-state index in [0.717, 1.165) is 4.47 Å². The van der Waals surface area contributed by atoms with Crippen molar-refractivity contribution in [3.05, 3.63) is 33.3 Å². The molecule has 1 aromatic carbocycles. The van der Waals surface area contributed by atoms with Crippen LogP contribution >= 0.6 is 27.5 Å². The third-order valence-corrected chi connectivity index (χ3v) is 3.55. The number of carbonyl (C=O) groups is 1. The first-order valence-corrected chi connectivity index (χ1v) is 6.84. The SMILES string of the molecule is CN(CC(C)(C)CN)C(=O)c1cc(Br)ccc1Cl. The molecule has 1 aromatic rings. The van der Waals surface area contributed by atoms with Crippen molar-refractivity contribution in [2.24, 2.45) is 11.1 Å². The molecule has 0 fully saturated rings. The van der Waals surface area contributed by atoms with E-state index in [9.17, 15) is 4.79 Å². The second-order valence-electron chi connectivity index (χ2n) is 5.15. The molecule has 5 heteroatoms. The highest BCUT2D eigenvalue weighted by Crippen LogP contribution is 2.23. The van der Waals surface area contributed by atoms with Crippen LogP contribution in [0.15, 0.2) is 22.7 Å². The van der Waals surface area contributed by atoms with Gasteiger partial charge in [-0.3, -0.25) is 4.79 Å². The van der Waals surface area contributed by atoms with E-state index in [1.165, 1.54) is 0 Å². The highest BCUT2D eigenvalue weighted by Gasteiger charge is 2.23. The van der Waals surface area contributed by atoms with Crippen LogP contribution in [0.3, 0.4) is 0 Å². The average Bonchev–Trinajstić information content (AvgIpc) is 2.31. The van der Waals surface area contributed by atoms with Gasteiger partial charge in [-0.2, -0.15) is 0 Å². The summed E-state index contributed by atoms with van der Waals surface area (Å²) in [5.74, 6) is -0.0946. The molecule has 0 bridgehead atoms. The maximum atomic E-state index is 12.3. The number of hydrogen-bond acceptors (Lipinski definition) is 2. The Morgan fingerprint density at radius 3 is 2.67 bits per heavy atom. The number of carbonyl (C=O) groups excluding carboxylic acids is 1. The second kappa shape index (κ2) is 6.04. The van der Waals surface area contributed by atoms with E-state index < -0.39 is 0 Å². The van der Waals surface area contributed by atoms with Gasteiger partial charge in [0.05, 0.1) is 10.6 Å². The molecular weight excluding hydrogens is 316 g/mol. The Morgan fingerprint density at radius 1 is 1.50 bits per heavy atom. The molecule has 0 heterocycles. The Morgan fingerprint density at radius 2 is 2.11 bits per heavy atom. The zero-order valence-corrected chi connectivity index (χ0v) is 13.2. The lowest BCUT2D eigenvalue weighted by molar-refractivity contribution is 0.0740. The number of rotatable bonds is 4. The van der Waals surface area contributed by atoms with Crippen LogP contribution in [0, 0.1) is 5.41 Å². The van der Waals surface area contributed by atoms with Crippen molar-refractivity contribution in [3.63, 3.8) is 0 Å². The monoisotopic (exact) mass is 332 g/mol. The van der Waals surface area contributed by atoms with Gasteiger partial charge in [0.1, 0.15) is 0 Å². The molecule has 0 aliphatic carbocycles. The van der Waals surface area contributed by atoms with Crippen LogP contribution in [0.2, 0.25) is 5.02 Å². The minimum Gasteiger partial charge on any atom is -0.341 e. The maximum Gasteiger partial charge on any atom is 0.255 e. The molecular formula is C13H18BrClN2O. The summed E-state index contributed by atoms with van der Waals surface area (Å²) in [7, 11) is 1.76. The first kappa shape index (κ1) is 15.5. The minimum absolute atomic E-state index is 0.0946. The summed E-state index contributed by atoms with van der Waals surface area (Å²) < 4.78 is 0.835. The van der Waals surface area contributed by atoms with Crippen molar-refractivity contribution >= 4 is 33.4 Å². The van der Waals surface area contributed by atoms with Crippen LogP contribution in [0.4, 0.5) is 0 Å². The molecule has 1 amide bonds. The normalized spacial score (nSPS) is 11.4.